The molecule has 3 aromatic carbocycles. The summed E-state index contributed by atoms with van der Waals surface area (Å²) in [6.45, 7) is 1.07. The third-order valence-corrected chi connectivity index (χ3v) is 7.30. The molecule has 1 amide bonds. The minimum absolute atomic E-state index is 0.0302. The van der Waals surface area contributed by atoms with Crippen LogP contribution in [0.2, 0.25) is 0 Å². The first kappa shape index (κ1) is 27.3. The van der Waals surface area contributed by atoms with E-state index in [1.165, 1.54) is 30.0 Å². The number of para-hydroxylation sites is 1. The number of nitrogens with two attached hydrogens (primary N) is 1. The zero-order valence-corrected chi connectivity index (χ0v) is 22.2. The Labute approximate surface area is 225 Å². The molecule has 0 saturated carbocycles. The molecule has 0 aliphatic heterocycles. The van der Waals surface area contributed by atoms with Crippen molar-refractivity contribution in [1.82, 2.24) is 14.8 Å². The SMILES string of the molecule is COCCn1c(COc2ccccc2-c2ccccc2)nnc1SCC(=O)Nc1cccc(S(N)(=O)=O)c1. The quantitative estimate of drug-likeness (QED) is 0.254. The Balaban J connectivity index is 1.44. The van der Waals surface area contributed by atoms with Crippen LogP contribution >= 0.6 is 11.8 Å². The molecule has 1 aromatic heterocycles. The molecule has 0 bridgehead atoms. The number of methoxy groups -OCH3 is 1. The molecule has 10 nitrogen and oxygen atoms in total. The number of ether oxygens (including phenoxy) is 2. The number of anilines is 1. The number of sulfonamides is 1. The number of rotatable bonds is 12. The lowest BCUT2D eigenvalue weighted by Crippen LogP contribution is -2.17. The number of aromatic nitrogens is 3. The number of nitrogens with one attached hydrogen (secondary N) is 1. The second-order valence-electron chi connectivity index (χ2n) is 8.10. The Morgan fingerprint density at radius 1 is 1.03 bits per heavy atom. The lowest BCUT2D eigenvalue weighted by atomic mass is 10.1. The third kappa shape index (κ3) is 7.19. The minimum atomic E-state index is -3.87. The molecule has 0 aliphatic rings. The number of hydrogen-bond acceptors (Lipinski definition) is 8. The predicted molar refractivity (Wildman–Crippen MR) is 145 cm³/mol. The maximum Gasteiger partial charge on any atom is 0.238 e. The summed E-state index contributed by atoms with van der Waals surface area (Å²) in [4.78, 5) is 12.5. The van der Waals surface area contributed by atoms with E-state index in [4.69, 9.17) is 14.6 Å². The van der Waals surface area contributed by atoms with E-state index in [0.29, 0.717) is 29.8 Å². The van der Waals surface area contributed by atoms with E-state index in [1.54, 1.807) is 13.2 Å². The molecule has 0 atom stereocenters. The summed E-state index contributed by atoms with van der Waals surface area (Å²) in [5.74, 6) is 1.00. The minimum Gasteiger partial charge on any atom is -0.485 e. The highest BCUT2D eigenvalue weighted by molar-refractivity contribution is 7.99. The normalized spacial score (nSPS) is 11.3. The molecule has 0 spiro atoms. The highest BCUT2D eigenvalue weighted by Crippen LogP contribution is 2.30. The molecular weight excluding hydrogens is 526 g/mol. The fraction of sp³-hybridized carbons (Fsp3) is 0.192. The Morgan fingerprint density at radius 3 is 2.55 bits per heavy atom. The summed E-state index contributed by atoms with van der Waals surface area (Å²) < 4.78 is 36.4. The molecule has 0 radical (unpaired) electrons. The Bertz CT molecular complexity index is 1490. The van der Waals surface area contributed by atoms with E-state index in [0.717, 1.165) is 16.9 Å². The van der Waals surface area contributed by atoms with Crippen molar-refractivity contribution in [3.05, 3.63) is 84.7 Å². The van der Waals surface area contributed by atoms with Gasteiger partial charge >= 0.3 is 0 Å². The number of benzene rings is 3. The molecule has 0 fully saturated rings. The monoisotopic (exact) mass is 553 g/mol. The molecule has 12 heteroatoms. The number of nitrogens with zero attached hydrogens (tertiary/aromatic N) is 3. The lowest BCUT2D eigenvalue weighted by molar-refractivity contribution is -0.113. The van der Waals surface area contributed by atoms with Crippen LogP contribution in [0.3, 0.4) is 0 Å². The first-order valence-corrected chi connectivity index (χ1v) is 14.1. The molecular formula is C26H27N5O5S2. The molecule has 0 unspecified atom stereocenters. The summed E-state index contributed by atoms with van der Waals surface area (Å²) in [5.41, 5.74) is 2.34. The van der Waals surface area contributed by atoms with Gasteiger partial charge in [-0.05, 0) is 29.8 Å². The summed E-state index contributed by atoms with van der Waals surface area (Å²) in [7, 11) is -2.27. The summed E-state index contributed by atoms with van der Waals surface area (Å²) >= 11 is 1.20. The predicted octanol–water partition coefficient (Wildman–Crippen LogP) is 3.55. The van der Waals surface area contributed by atoms with Gasteiger partial charge < -0.3 is 19.4 Å². The van der Waals surface area contributed by atoms with E-state index in [-0.39, 0.29) is 23.2 Å². The van der Waals surface area contributed by atoms with Crippen molar-refractivity contribution in [3.8, 4) is 16.9 Å². The van der Waals surface area contributed by atoms with Crippen LogP contribution in [0.25, 0.3) is 11.1 Å². The van der Waals surface area contributed by atoms with Crippen LogP contribution in [0.5, 0.6) is 5.75 Å². The number of thioether (sulfide) groups is 1. The molecule has 198 valence electrons. The van der Waals surface area contributed by atoms with Crippen LogP contribution in [0.15, 0.2) is 88.9 Å². The van der Waals surface area contributed by atoms with Gasteiger partial charge in [0.2, 0.25) is 15.9 Å². The Morgan fingerprint density at radius 2 is 1.79 bits per heavy atom. The van der Waals surface area contributed by atoms with E-state index < -0.39 is 10.0 Å². The smallest absolute Gasteiger partial charge is 0.238 e. The number of amides is 1. The van der Waals surface area contributed by atoms with Crippen LogP contribution in [0.4, 0.5) is 5.69 Å². The maximum atomic E-state index is 12.5. The first-order chi connectivity index (χ1) is 18.3. The summed E-state index contributed by atoms with van der Waals surface area (Å²) in [5, 5.41) is 16.9. The van der Waals surface area contributed by atoms with Crippen LogP contribution in [0.1, 0.15) is 5.82 Å². The number of primary sulfonamides is 1. The van der Waals surface area contributed by atoms with Crippen molar-refractivity contribution in [2.75, 3.05) is 24.8 Å². The van der Waals surface area contributed by atoms with E-state index >= 15 is 0 Å². The molecule has 4 aromatic rings. The van der Waals surface area contributed by atoms with Crippen molar-refractivity contribution in [2.24, 2.45) is 5.14 Å². The van der Waals surface area contributed by atoms with Crippen molar-refractivity contribution in [1.29, 1.82) is 0 Å². The molecule has 4 rings (SSSR count). The van der Waals surface area contributed by atoms with Gasteiger partial charge in [-0.15, -0.1) is 10.2 Å². The Kier molecular flexibility index (Phi) is 9.13. The highest BCUT2D eigenvalue weighted by Gasteiger charge is 2.16. The van der Waals surface area contributed by atoms with Crippen LogP contribution in [-0.4, -0.2) is 48.6 Å². The van der Waals surface area contributed by atoms with E-state index in [2.05, 4.69) is 15.5 Å². The van der Waals surface area contributed by atoms with Gasteiger partial charge in [0.05, 0.1) is 17.3 Å². The largest absolute Gasteiger partial charge is 0.485 e. The Hall–Kier alpha value is -3.71. The second kappa shape index (κ2) is 12.7. The van der Waals surface area contributed by atoms with Crippen LogP contribution in [0, 0.1) is 0 Å². The van der Waals surface area contributed by atoms with Gasteiger partial charge in [-0.3, -0.25) is 4.79 Å². The van der Waals surface area contributed by atoms with Crippen molar-refractivity contribution in [2.45, 2.75) is 23.2 Å². The summed E-state index contributed by atoms with van der Waals surface area (Å²) in [6, 6.07) is 23.5. The zero-order valence-electron chi connectivity index (χ0n) is 20.6. The van der Waals surface area contributed by atoms with Gasteiger partial charge in [0, 0.05) is 24.9 Å². The van der Waals surface area contributed by atoms with Gasteiger partial charge in [-0.2, -0.15) is 0 Å². The average Bonchev–Trinajstić information content (AvgIpc) is 3.31. The third-order valence-electron chi connectivity index (χ3n) is 5.42. The topological polar surface area (TPSA) is 138 Å². The molecule has 0 saturated heterocycles. The van der Waals surface area contributed by atoms with Gasteiger partial charge in [-0.1, -0.05) is 66.4 Å². The number of carbonyl (C=O) groups excluding carboxylic acids is 1. The van der Waals surface area contributed by atoms with Crippen LogP contribution in [-0.2, 0) is 32.7 Å². The number of hydrogen-bond donors (Lipinski definition) is 2. The molecule has 0 aliphatic carbocycles. The fourth-order valence-electron chi connectivity index (χ4n) is 3.61. The summed E-state index contributed by atoms with van der Waals surface area (Å²) in [6.07, 6.45) is 0. The first-order valence-electron chi connectivity index (χ1n) is 11.6. The van der Waals surface area contributed by atoms with Gasteiger partial charge in [-0.25, -0.2) is 13.6 Å². The van der Waals surface area contributed by atoms with Crippen molar-refractivity contribution >= 4 is 33.4 Å². The van der Waals surface area contributed by atoms with Crippen molar-refractivity contribution < 1.29 is 22.7 Å². The molecule has 3 N–H and O–H groups in total. The van der Waals surface area contributed by atoms with Crippen molar-refractivity contribution in [3.63, 3.8) is 0 Å². The van der Waals surface area contributed by atoms with Gasteiger partial charge in [0.15, 0.2) is 11.0 Å². The second-order valence-corrected chi connectivity index (χ2v) is 10.6. The van der Waals surface area contributed by atoms with E-state index in [9.17, 15) is 13.2 Å². The van der Waals surface area contributed by atoms with Crippen LogP contribution < -0.4 is 15.2 Å². The maximum absolute atomic E-state index is 12.5. The standard InChI is InChI=1S/C26H27N5O5S2/c1-35-15-14-31-24(17-36-23-13-6-5-12-22(23)19-8-3-2-4-9-19)29-30-26(31)37-18-25(32)28-20-10-7-11-21(16-20)38(27,33)34/h2-13,16H,14-15,17-18H2,1H3,(H,28,32)(H2,27,33,34). The highest BCUT2D eigenvalue weighted by atomic mass is 32.2. The fourth-order valence-corrected chi connectivity index (χ4v) is 4.95. The molecule has 1 heterocycles. The van der Waals surface area contributed by atoms with Gasteiger partial charge in [0.25, 0.3) is 0 Å². The van der Waals surface area contributed by atoms with E-state index in [1.807, 2.05) is 59.2 Å². The molecule has 38 heavy (non-hydrogen) atoms. The zero-order chi connectivity index (χ0) is 27.0. The average molecular weight is 554 g/mol. The van der Waals surface area contributed by atoms with Gasteiger partial charge in [0.1, 0.15) is 12.4 Å². The number of carbonyl (C=O) groups is 1. The lowest BCUT2D eigenvalue weighted by Gasteiger charge is -2.13.